The van der Waals surface area contributed by atoms with E-state index in [1.807, 2.05) is 30.3 Å². The summed E-state index contributed by atoms with van der Waals surface area (Å²) in [5, 5.41) is 19.4. The molecule has 1 aliphatic heterocycles. The summed E-state index contributed by atoms with van der Waals surface area (Å²) >= 11 is 0. The van der Waals surface area contributed by atoms with Crippen LogP contribution in [-0.2, 0) is 17.5 Å². The van der Waals surface area contributed by atoms with Crippen LogP contribution in [-0.4, -0.2) is 18.7 Å². The van der Waals surface area contributed by atoms with Crippen molar-refractivity contribution in [2.75, 3.05) is 0 Å². The molecule has 1 unspecified atom stereocenters. The van der Waals surface area contributed by atoms with E-state index < -0.39 is 11.0 Å². The van der Waals surface area contributed by atoms with Crippen LogP contribution < -0.4 is 0 Å². The molecule has 24 heavy (non-hydrogen) atoms. The fourth-order valence-corrected chi connectivity index (χ4v) is 4.38. The van der Waals surface area contributed by atoms with Gasteiger partial charge in [0, 0.05) is 12.5 Å². The topological polar surface area (TPSA) is 60.8 Å². The number of aliphatic hydroxyl groups is 2. The molecular weight excluding hydrogens is 322 g/mol. The van der Waals surface area contributed by atoms with Gasteiger partial charge in [-0.05, 0) is 29.2 Å². The molecular formula is C19H19NO3S. The zero-order valence-electron chi connectivity index (χ0n) is 13.2. The zero-order valence-corrected chi connectivity index (χ0v) is 14.1. The summed E-state index contributed by atoms with van der Waals surface area (Å²) in [5.74, 6) is 0.119. The van der Waals surface area contributed by atoms with Crippen LogP contribution in [0.25, 0.3) is 0 Å². The predicted molar refractivity (Wildman–Crippen MR) is 96.1 cm³/mol. The van der Waals surface area contributed by atoms with Crippen LogP contribution >= 0.6 is 0 Å². The second-order valence-electron chi connectivity index (χ2n) is 5.75. The van der Waals surface area contributed by atoms with Crippen molar-refractivity contribution in [2.24, 2.45) is 0 Å². The van der Waals surface area contributed by atoms with Crippen molar-refractivity contribution in [1.29, 1.82) is 0 Å². The quantitative estimate of drug-likeness (QED) is 0.811. The van der Waals surface area contributed by atoms with Gasteiger partial charge < -0.3 is 10.2 Å². The van der Waals surface area contributed by atoms with Crippen molar-refractivity contribution in [1.82, 2.24) is 4.31 Å². The number of rotatable bonds is 3. The minimum atomic E-state index is -1.49. The second-order valence-corrected chi connectivity index (χ2v) is 7.13. The first-order valence-electron chi connectivity index (χ1n) is 7.62. The second kappa shape index (κ2) is 6.53. The molecule has 1 atom stereocenters. The summed E-state index contributed by atoms with van der Waals surface area (Å²) in [6.45, 7) is 8.03. The molecule has 0 spiro atoms. The third-order valence-corrected chi connectivity index (χ3v) is 5.50. The van der Waals surface area contributed by atoms with Crippen molar-refractivity contribution in [2.45, 2.75) is 19.4 Å². The Morgan fingerprint density at radius 3 is 2.67 bits per heavy atom. The van der Waals surface area contributed by atoms with Gasteiger partial charge in [0.1, 0.15) is 5.76 Å². The van der Waals surface area contributed by atoms with E-state index in [1.54, 1.807) is 10.4 Å². The van der Waals surface area contributed by atoms with Crippen LogP contribution in [0.3, 0.4) is 0 Å². The molecule has 0 saturated carbocycles. The van der Waals surface area contributed by atoms with E-state index in [4.69, 9.17) is 0 Å². The first-order chi connectivity index (χ1) is 11.5. The van der Waals surface area contributed by atoms with Crippen molar-refractivity contribution < 1.29 is 14.4 Å². The highest BCUT2D eigenvalue weighted by molar-refractivity contribution is 7.87. The number of benzene rings is 1. The van der Waals surface area contributed by atoms with Gasteiger partial charge in [0.25, 0.3) is 0 Å². The Morgan fingerprint density at radius 2 is 2.00 bits per heavy atom. The molecule has 0 radical (unpaired) electrons. The van der Waals surface area contributed by atoms with E-state index in [0.717, 1.165) is 11.1 Å². The van der Waals surface area contributed by atoms with Gasteiger partial charge in [-0.15, -0.1) is 0 Å². The maximum atomic E-state index is 13.1. The maximum absolute atomic E-state index is 13.1. The molecule has 124 valence electrons. The summed E-state index contributed by atoms with van der Waals surface area (Å²) in [7, 11) is -1.49. The van der Waals surface area contributed by atoms with Crippen LogP contribution in [0, 0.1) is 0 Å². The highest BCUT2D eigenvalue weighted by Gasteiger charge is 2.33. The monoisotopic (exact) mass is 341 g/mol. The van der Waals surface area contributed by atoms with E-state index in [0.29, 0.717) is 35.6 Å². The van der Waals surface area contributed by atoms with Crippen molar-refractivity contribution in [3.63, 3.8) is 0 Å². The lowest BCUT2D eigenvalue weighted by molar-refractivity contribution is 0.384. The van der Waals surface area contributed by atoms with Crippen LogP contribution in [0.1, 0.15) is 18.4 Å². The molecule has 4 nitrogen and oxygen atoms in total. The number of nitrogens with zero attached hydrogens (tertiary/aromatic N) is 1. The van der Waals surface area contributed by atoms with Gasteiger partial charge in [0.15, 0.2) is 11.0 Å². The zero-order chi connectivity index (χ0) is 17.3. The summed E-state index contributed by atoms with van der Waals surface area (Å²) < 4.78 is 14.8. The molecule has 1 aromatic carbocycles. The van der Waals surface area contributed by atoms with Crippen molar-refractivity contribution in [3.8, 4) is 0 Å². The lowest BCUT2D eigenvalue weighted by Gasteiger charge is -2.35. The molecule has 0 amide bonds. The van der Waals surface area contributed by atoms with E-state index in [1.165, 1.54) is 6.08 Å². The number of aliphatic hydroxyl groups excluding tert-OH is 2. The van der Waals surface area contributed by atoms with E-state index in [-0.39, 0.29) is 11.5 Å². The standard InChI is InChI=1S/C19H19NO3S/c1-13(21)10-18-14(2)17-9-8-16(22)11-19(17)24(23)20(18)12-15-6-4-3-5-7-15/h3-7,10-11,21-22H,1-2,8-9,12H2/b18-10+. The normalized spacial score (nSPS) is 22.4. The van der Waals surface area contributed by atoms with Crippen molar-refractivity contribution in [3.05, 3.63) is 94.5 Å². The third kappa shape index (κ3) is 3.08. The largest absolute Gasteiger partial charge is 0.512 e. The Bertz CT molecular complexity index is 818. The molecule has 2 N–H and O–H groups in total. The smallest absolute Gasteiger partial charge is 0.153 e. The van der Waals surface area contributed by atoms with Crippen LogP contribution in [0.2, 0.25) is 0 Å². The van der Waals surface area contributed by atoms with Gasteiger partial charge in [0.2, 0.25) is 0 Å². The molecule has 0 saturated heterocycles. The third-order valence-electron chi connectivity index (χ3n) is 4.03. The van der Waals surface area contributed by atoms with Gasteiger partial charge in [-0.3, -0.25) is 4.31 Å². The Morgan fingerprint density at radius 1 is 1.29 bits per heavy atom. The fraction of sp³-hybridized carbons (Fsp3) is 0.158. The SMILES string of the molecule is C=C(O)/C=C1\C(=C)C2=C(C=C(O)CC2)S(=O)N1Cc1ccccc1. The number of hydrogen-bond donors (Lipinski definition) is 2. The van der Waals surface area contributed by atoms with E-state index >= 15 is 0 Å². The minimum absolute atomic E-state index is 0.112. The highest BCUT2D eigenvalue weighted by Crippen LogP contribution is 2.40. The molecule has 5 heteroatoms. The first kappa shape index (κ1) is 16.3. The number of allylic oxidation sites excluding steroid dienone is 4. The maximum Gasteiger partial charge on any atom is 0.153 e. The molecule has 0 bridgehead atoms. The van der Waals surface area contributed by atoms with E-state index in [2.05, 4.69) is 13.2 Å². The summed E-state index contributed by atoms with van der Waals surface area (Å²) in [4.78, 5) is 0.584. The average Bonchev–Trinajstić information content (AvgIpc) is 2.56. The number of hydrogen-bond acceptors (Lipinski definition) is 3. The molecule has 0 aromatic heterocycles. The predicted octanol–water partition coefficient (Wildman–Crippen LogP) is 4.17. The first-order valence-corrected chi connectivity index (χ1v) is 8.73. The highest BCUT2D eigenvalue weighted by atomic mass is 32.2. The Balaban J connectivity index is 2.08. The summed E-state index contributed by atoms with van der Waals surface area (Å²) in [6.07, 6.45) is 4.14. The molecule has 2 aliphatic rings. The molecule has 1 heterocycles. The lowest BCUT2D eigenvalue weighted by atomic mass is 9.94. The van der Waals surface area contributed by atoms with Crippen LogP contribution in [0.15, 0.2) is 88.9 Å². The molecule has 1 aliphatic carbocycles. The fourth-order valence-electron chi connectivity index (χ4n) is 2.87. The van der Waals surface area contributed by atoms with Gasteiger partial charge in [-0.25, -0.2) is 4.21 Å². The molecule has 3 rings (SSSR count). The van der Waals surface area contributed by atoms with Crippen molar-refractivity contribution >= 4 is 11.0 Å². The van der Waals surface area contributed by atoms with Gasteiger partial charge in [-0.2, -0.15) is 0 Å². The Kier molecular flexibility index (Phi) is 4.44. The lowest BCUT2D eigenvalue weighted by Crippen LogP contribution is -2.32. The van der Waals surface area contributed by atoms with Gasteiger partial charge in [-0.1, -0.05) is 43.5 Å². The van der Waals surface area contributed by atoms with Gasteiger partial charge in [0.05, 0.1) is 22.9 Å². The van der Waals surface area contributed by atoms with Gasteiger partial charge >= 0.3 is 0 Å². The summed E-state index contributed by atoms with van der Waals surface area (Å²) in [5.41, 5.74) is 3.15. The average molecular weight is 341 g/mol. The Labute approximate surface area is 144 Å². The Hall–Kier alpha value is -2.53. The minimum Gasteiger partial charge on any atom is -0.512 e. The van der Waals surface area contributed by atoms with Crippen LogP contribution in [0.5, 0.6) is 0 Å². The molecule has 1 aromatic rings. The summed E-state index contributed by atoms with van der Waals surface area (Å²) in [6, 6.07) is 9.65. The van der Waals surface area contributed by atoms with E-state index in [9.17, 15) is 14.4 Å². The molecule has 0 fully saturated rings. The van der Waals surface area contributed by atoms with Crippen LogP contribution in [0.4, 0.5) is 0 Å².